The van der Waals surface area contributed by atoms with Crippen LogP contribution in [0.25, 0.3) is 10.9 Å². The number of nitrogens with one attached hydrogen (secondary N) is 3. The van der Waals surface area contributed by atoms with E-state index in [0.717, 1.165) is 41.5 Å². The molecule has 4 rings (SSSR count). The third-order valence-corrected chi connectivity index (χ3v) is 5.84. The third kappa shape index (κ3) is 5.44. The predicted molar refractivity (Wildman–Crippen MR) is 123 cm³/mol. The molecule has 0 aliphatic carbocycles. The molecule has 1 fully saturated rings. The normalized spacial score (nSPS) is 16.3. The number of benzene rings is 2. The zero-order chi connectivity index (χ0) is 22.3. The van der Waals surface area contributed by atoms with E-state index in [0.29, 0.717) is 32.3 Å². The molecule has 8 heteroatoms. The standard InChI is InChI=1S/C24H29F2N5O/c1-27-24(28-9-8-18-15-29-22-7-6-20(26)14-21(18)22)30-16-23(31-10-12-32-13-11-31)17-2-4-19(25)5-3-17/h2-7,14-15,23,29H,8-13,16H2,1H3,(H2,27,28,30). The van der Waals surface area contributed by atoms with Crippen molar-refractivity contribution in [1.29, 1.82) is 0 Å². The van der Waals surface area contributed by atoms with Crippen molar-refractivity contribution in [3.8, 4) is 0 Å². The van der Waals surface area contributed by atoms with Crippen LogP contribution in [0.15, 0.2) is 53.7 Å². The van der Waals surface area contributed by atoms with Gasteiger partial charge in [-0.3, -0.25) is 9.89 Å². The summed E-state index contributed by atoms with van der Waals surface area (Å²) in [5, 5.41) is 7.64. The summed E-state index contributed by atoms with van der Waals surface area (Å²) in [5.74, 6) is 0.215. The number of morpholine rings is 1. The summed E-state index contributed by atoms with van der Waals surface area (Å²) in [6.07, 6.45) is 2.65. The Hall–Kier alpha value is -2.97. The van der Waals surface area contributed by atoms with E-state index in [2.05, 4.69) is 25.5 Å². The quantitative estimate of drug-likeness (QED) is 0.389. The van der Waals surface area contributed by atoms with Crippen LogP contribution in [0.3, 0.4) is 0 Å². The molecule has 3 aromatic rings. The van der Waals surface area contributed by atoms with Crippen LogP contribution >= 0.6 is 0 Å². The molecule has 1 aliphatic rings. The number of fused-ring (bicyclic) bond motifs is 1. The molecule has 170 valence electrons. The fourth-order valence-corrected chi connectivity index (χ4v) is 4.12. The highest BCUT2D eigenvalue weighted by Crippen LogP contribution is 2.22. The van der Waals surface area contributed by atoms with Crippen LogP contribution in [0.4, 0.5) is 8.78 Å². The summed E-state index contributed by atoms with van der Waals surface area (Å²) < 4.78 is 32.5. The van der Waals surface area contributed by atoms with E-state index < -0.39 is 0 Å². The Morgan fingerprint density at radius 3 is 2.59 bits per heavy atom. The molecule has 1 unspecified atom stereocenters. The van der Waals surface area contributed by atoms with E-state index in [1.165, 1.54) is 18.2 Å². The molecule has 1 aromatic heterocycles. The van der Waals surface area contributed by atoms with E-state index in [1.807, 2.05) is 18.3 Å². The van der Waals surface area contributed by atoms with Gasteiger partial charge in [0.05, 0.1) is 19.3 Å². The van der Waals surface area contributed by atoms with E-state index in [-0.39, 0.29) is 17.7 Å². The van der Waals surface area contributed by atoms with Gasteiger partial charge in [-0.2, -0.15) is 0 Å². The topological polar surface area (TPSA) is 64.7 Å². The van der Waals surface area contributed by atoms with Gasteiger partial charge in [0.2, 0.25) is 0 Å². The van der Waals surface area contributed by atoms with Gasteiger partial charge >= 0.3 is 0 Å². The number of halogens is 2. The zero-order valence-electron chi connectivity index (χ0n) is 18.2. The number of aromatic nitrogens is 1. The van der Waals surface area contributed by atoms with Gasteiger partial charge < -0.3 is 20.4 Å². The number of H-pyrrole nitrogens is 1. The molecule has 6 nitrogen and oxygen atoms in total. The SMILES string of the molecule is CN=C(NCCc1c[nH]c2ccc(F)cc12)NCC(c1ccc(F)cc1)N1CCOCC1. The Balaban J connectivity index is 1.36. The number of hydrogen-bond donors (Lipinski definition) is 3. The molecule has 3 N–H and O–H groups in total. The van der Waals surface area contributed by atoms with Gasteiger partial charge in [0, 0.05) is 50.3 Å². The molecule has 32 heavy (non-hydrogen) atoms. The van der Waals surface area contributed by atoms with Crippen LogP contribution in [0.2, 0.25) is 0 Å². The van der Waals surface area contributed by atoms with Gasteiger partial charge in [-0.1, -0.05) is 12.1 Å². The van der Waals surface area contributed by atoms with E-state index in [4.69, 9.17) is 4.74 Å². The van der Waals surface area contributed by atoms with Gasteiger partial charge in [0.25, 0.3) is 0 Å². The lowest BCUT2D eigenvalue weighted by Gasteiger charge is -2.35. The monoisotopic (exact) mass is 441 g/mol. The number of aromatic amines is 1. The minimum atomic E-state index is -0.239. The highest BCUT2D eigenvalue weighted by molar-refractivity contribution is 5.83. The summed E-state index contributed by atoms with van der Waals surface area (Å²) >= 11 is 0. The Bertz CT molecular complexity index is 1040. The number of hydrogen-bond acceptors (Lipinski definition) is 3. The molecule has 0 saturated carbocycles. The molecular formula is C24H29F2N5O. The summed E-state index contributed by atoms with van der Waals surface area (Å²) in [4.78, 5) is 9.86. The summed E-state index contributed by atoms with van der Waals surface area (Å²) in [6, 6.07) is 11.5. The predicted octanol–water partition coefficient (Wildman–Crippen LogP) is 3.23. The first kappa shape index (κ1) is 22.2. The highest BCUT2D eigenvalue weighted by Gasteiger charge is 2.23. The summed E-state index contributed by atoms with van der Waals surface area (Å²) in [5.41, 5.74) is 3.04. The summed E-state index contributed by atoms with van der Waals surface area (Å²) in [7, 11) is 1.73. The first-order chi connectivity index (χ1) is 15.6. The number of ether oxygens (including phenoxy) is 1. The molecule has 0 spiro atoms. The van der Waals surface area contributed by atoms with Gasteiger partial charge in [-0.25, -0.2) is 8.78 Å². The van der Waals surface area contributed by atoms with Gasteiger partial charge in [0.1, 0.15) is 11.6 Å². The van der Waals surface area contributed by atoms with Crippen molar-refractivity contribution in [3.05, 3.63) is 71.4 Å². The second-order valence-electron chi connectivity index (χ2n) is 7.85. The second kappa shape index (κ2) is 10.6. The van der Waals surface area contributed by atoms with Crippen LogP contribution < -0.4 is 10.6 Å². The fraction of sp³-hybridized carbons (Fsp3) is 0.375. The Kier molecular flexibility index (Phi) is 7.34. The maximum atomic E-state index is 13.6. The lowest BCUT2D eigenvalue weighted by molar-refractivity contribution is 0.0170. The number of rotatable bonds is 7. The molecule has 0 amide bonds. The molecule has 1 saturated heterocycles. The molecule has 0 radical (unpaired) electrons. The van der Waals surface area contributed by atoms with Crippen molar-refractivity contribution in [3.63, 3.8) is 0 Å². The summed E-state index contributed by atoms with van der Waals surface area (Å²) in [6.45, 7) is 4.32. The molecule has 0 bridgehead atoms. The smallest absolute Gasteiger partial charge is 0.191 e. The number of nitrogens with zero attached hydrogens (tertiary/aromatic N) is 2. The average Bonchev–Trinajstić information content (AvgIpc) is 3.21. The first-order valence-electron chi connectivity index (χ1n) is 10.9. The van der Waals surface area contributed by atoms with Crippen LogP contribution in [-0.4, -0.2) is 62.3 Å². The van der Waals surface area contributed by atoms with Crippen LogP contribution in [0.5, 0.6) is 0 Å². The number of aliphatic imine (C=N–C) groups is 1. The number of guanidine groups is 1. The lowest BCUT2D eigenvalue weighted by atomic mass is 10.0. The van der Waals surface area contributed by atoms with Gasteiger partial charge in [-0.05, 0) is 47.9 Å². The van der Waals surface area contributed by atoms with Crippen molar-refractivity contribution in [2.45, 2.75) is 12.5 Å². The lowest BCUT2D eigenvalue weighted by Crippen LogP contribution is -2.46. The Morgan fingerprint density at radius 2 is 1.84 bits per heavy atom. The Morgan fingerprint density at radius 1 is 1.09 bits per heavy atom. The van der Waals surface area contributed by atoms with E-state index in [9.17, 15) is 8.78 Å². The maximum Gasteiger partial charge on any atom is 0.191 e. The van der Waals surface area contributed by atoms with Crippen LogP contribution in [0.1, 0.15) is 17.2 Å². The van der Waals surface area contributed by atoms with E-state index >= 15 is 0 Å². The van der Waals surface area contributed by atoms with Gasteiger partial charge in [0.15, 0.2) is 5.96 Å². The molecule has 1 atom stereocenters. The van der Waals surface area contributed by atoms with Crippen LogP contribution in [0, 0.1) is 11.6 Å². The van der Waals surface area contributed by atoms with Gasteiger partial charge in [-0.15, -0.1) is 0 Å². The minimum Gasteiger partial charge on any atom is -0.379 e. The molecular weight excluding hydrogens is 412 g/mol. The fourth-order valence-electron chi connectivity index (χ4n) is 4.12. The maximum absolute atomic E-state index is 13.6. The Labute approximate surface area is 186 Å². The minimum absolute atomic E-state index is 0.0784. The largest absolute Gasteiger partial charge is 0.379 e. The van der Waals surface area contributed by atoms with Crippen LogP contribution in [-0.2, 0) is 11.2 Å². The highest BCUT2D eigenvalue weighted by atomic mass is 19.1. The van der Waals surface area contributed by atoms with Crippen molar-refractivity contribution >= 4 is 16.9 Å². The molecule has 2 heterocycles. The van der Waals surface area contributed by atoms with Crippen molar-refractivity contribution in [2.75, 3.05) is 46.4 Å². The van der Waals surface area contributed by atoms with E-state index in [1.54, 1.807) is 19.2 Å². The molecule has 2 aromatic carbocycles. The second-order valence-corrected chi connectivity index (χ2v) is 7.85. The van der Waals surface area contributed by atoms with Crippen molar-refractivity contribution in [1.82, 2.24) is 20.5 Å². The van der Waals surface area contributed by atoms with Crippen molar-refractivity contribution in [2.24, 2.45) is 4.99 Å². The average molecular weight is 442 g/mol. The molecule has 1 aliphatic heterocycles. The zero-order valence-corrected chi connectivity index (χ0v) is 18.2. The van der Waals surface area contributed by atoms with Crippen molar-refractivity contribution < 1.29 is 13.5 Å². The first-order valence-corrected chi connectivity index (χ1v) is 10.9. The third-order valence-electron chi connectivity index (χ3n) is 5.84.